The number of rotatable bonds is 6. The number of carbonyl (C=O) groups excluding carboxylic acids is 1. The third-order valence-electron chi connectivity index (χ3n) is 1.04. The maximum absolute atomic E-state index is 10.8. The molecule has 0 spiro atoms. The molecule has 2 amide bonds. The van der Waals surface area contributed by atoms with Gasteiger partial charge in [-0.1, -0.05) is 0 Å². The zero-order valence-corrected chi connectivity index (χ0v) is 8.43. The Morgan fingerprint density at radius 3 is 2.64 bits per heavy atom. The molecule has 0 aromatic rings. The normalized spacial score (nSPS) is 11.8. The van der Waals surface area contributed by atoms with Gasteiger partial charge in [0.05, 0.1) is 0 Å². The Balaban J connectivity index is 3.37. The van der Waals surface area contributed by atoms with E-state index in [0.717, 1.165) is 0 Å². The fourth-order valence-corrected chi connectivity index (χ4v) is 0.897. The minimum atomic E-state index is -1.18. The summed E-state index contributed by atoms with van der Waals surface area (Å²) in [5.41, 5.74) is 1.86. The number of carboxylic acids is 1. The summed E-state index contributed by atoms with van der Waals surface area (Å²) in [5, 5.41) is 10.5. The van der Waals surface area contributed by atoms with Crippen molar-refractivity contribution in [1.29, 1.82) is 0 Å². The highest BCUT2D eigenvalue weighted by Crippen LogP contribution is 1.73. The van der Waals surface area contributed by atoms with Gasteiger partial charge in [-0.25, -0.2) is 15.1 Å². The average molecular weight is 224 g/mol. The van der Waals surface area contributed by atoms with E-state index in [9.17, 15) is 13.8 Å². The minimum absolute atomic E-state index is 0.241. The van der Waals surface area contributed by atoms with Gasteiger partial charge < -0.3 is 10.4 Å². The van der Waals surface area contributed by atoms with Crippen LogP contribution in [0.3, 0.4) is 0 Å². The van der Waals surface area contributed by atoms with Crippen molar-refractivity contribution >= 4 is 22.8 Å². The molecule has 3 N–H and O–H groups in total. The van der Waals surface area contributed by atoms with Gasteiger partial charge in [0.15, 0.2) is 6.61 Å². The Hall–Kier alpha value is -1.15. The molecule has 8 heteroatoms. The number of carboxylic acid groups (broad SMARTS) is 1. The van der Waals surface area contributed by atoms with Crippen LogP contribution in [-0.4, -0.2) is 46.5 Å². The van der Waals surface area contributed by atoms with Crippen molar-refractivity contribution in [1.82, 2.24) is 10.8 Å². The molecular weight excluding hydrogens is 212 g/mol. The molecule has 0 aliphatic carbocycles. The lowest BCUT2D eigenvalue weighted by Gasteiger charge is -2.04. The number of amides is 2. The molecule has 0 heterocycles. The van der Waals surface area contributed by atoms with Crippen molar-refractivity contribution in [3.63, 3.8) is 0 Å². The summed E-state index contributed by atoms with van der Waals surface area (Å²) in [6.45, 7) is -0.363. The van der Waals surface area contributed by atoms with Crippen LogP contribution >= 0.6 is 0 Å². The summed E-state index contributed by atoms with van der Waals surface area (Å²) in [5.74, 6) is -0.841. The second kappa shape index (κ2) is 7.27. The third-order valence-corrected chi connectivity index (χ3v) is 1.81. The van der Waals surface area contributed by atoms with Gasteiger partial charge >= 0.3 is 12.0 Å². The van der Waals surface area contributed by atoms with Crippen molar-refractivity contribution in [2.45, 2.75) is 0 Å². The van der Waals surface area contributed by atoms with Gasteiger partial charge in [0.1, 0.15) is 0 Å². The summed E-state index contributed by atoms with van der Waals surface area (Å²) < 4.78 is 10.6. The molecule has 0 aromatic carbocycles. The molecule has 0 fully saturated rings. The first kappa shape index (κ1) is 12.8. The molecule has 7 nitrogen and oxygen atoms in total. The van der Waals surface area contributed by atoms with E-state index >= 15 is 0 Å². The third kappa shape index (κ3) is 8.94. The average Bonchev–Trinajstić information content (AvgIpc) is 2.02. The highest BCUT2D eigenvalue weighted by Gasteiger charge is 2.01. The van der Waals surface area contributed by atoms with E-state index in [2.05, 4.69) is 10.2 Å². The molecule has 1 atom stereocenters. The zero-order valence-electron chi connectivity index (χ0n) is 7.61. The Labute approximate surface area is 83.2 Å². The summed E-state index contributed by atoms with van der Waals surface area (Å²) in [6.07, 6.45) is 1.51. The Morgan fingerprint density at radius 1 is 1.50 bits per heavy atom. The Morgan fingerprint density at radius 2 is 2.14 bits per heavy atom. The molecule has 82 valence electrons. The lowest BCUT2D eigenvalue weighted by Crippen LogP contribution is -2.38. The summed E-state index contributed by atoms with van der Waals surface area (Å²) >= 11 is 0. The van der Waals surface area contributed by atoms with E-state index in [1.165, 1.54) is 6.26 Å². The molecule has 0 aliphatic heterocycles. The number of hydrogen-bond donors (Lipinski definition) is 3. The fourth-order valence-electron chi connectivity index (χ4n) is 0.508. The van der Waals surface area contributed by atoms with E-state index in [1.54, 1.807) is 0 Å². The van der Waals surface area contributed by atoms with Gasteiger partial charge in [-0.3, -0.25) is 9.05 Å². The molecule has 0 aromatic heterocycles. The first-order chi connectivity index (χ1) is 6.52. The van der Waals surface area contributed by atoms with E-state index in [1.807, 2.05) is 5.48 Å². The van der Waals surface area contributed by atoms with Gasteiger partial charge in [-0.2, -0.15) is 0 Å². The number of carbonyl (C=O) groups is 2. The number of hydrogen-bond acceptors (Lipinski definition) is 4. The van der Waals surface area contributed by atoms with Crippen molar-refractivity contribution < 1.29 is 23.7 Å². The van der Waals surface area contributed by atoms with E-state index in [0.29, 0.717) is 5.75 Å². The standard InChI is InChI=1S/C6H12N2O5S/c1-14(12)3-2-7-6(11)8-13-4-5(9)10/h2-4H2,1H3,(H,9,10)(H2,7,8,11). The smallest absolute Gasteiger partial charge is 0.338 e. The van der Waals surface area contributed by atoms with Crippen LogP contribution in [0.1, 0.15) is 0 Å². The van der Waals surface area contributed by atoms with Gasteiger partial charge in [0.2, 0.25) is 0 Å². The van der Waals surface area contributed by atoms with Gasteiger partial charge in [0, 0.05) is 29.4 Å². The number of aliphatic carboxylic acids is 1. The molecule has 0 rings (SSSR count). The van der Waals surface area contributed by atoms with Crippen molar-refractivity contribution in [2.75, 3.05) is 25.2 Å². The zero-order chi connectivity index (χ0) is 11.0. The maximum atomic E-state index is 10.8. The second-order valence-corrected chi connectivity index (χ2v) is 3.87. The van der Waals surface area contributed by atoms with Crippen LogP contribution in [0.4, 0.5) is 4.79 Å². The maximum Gasteiger partial charge on any atom is 0.338 e. The van der Waals surface area contributed by atoms with E-state index < -0.39 is 29.4 Å². The van der Waals surface area contributed by atoms with Crippen LogP contribution in [0.15, 0.2) is 0 Å². The summed E-state index contributed by atoms with van der Waals surface area (Å²) in [6, 6.07) is -0.656. The quantitative estimate of drug-likeness (QED) is 0.485. The highest BCUT2D eigenvalue weighted by molar-refractivity contribution is 7.84. The predicted molar refractivity (Wildman–Crippen MR) is 49.1 cm³/mol. The second-order valence-electron chi connectivity index (χ2n) is 2.32. The Bertz CT molecular complexity index is 210. The first-order valence-electron chi connectivity index (χ1n) is 3.70. The molecule has 0 saturated heterocycles. The van der Waals surface area contributed by atoms with Crippen LogP contribution in [0.5, 0.6) is 0 Å². The minimum Gasteiger partial charge on any atom is -0.479 e. The Kier molecular flexibility index (Phi) is 6.68. The van der Waals surface area contributed by atoms with E-state index in [4.69, 9.17) is 5.11 Å². The molecule has 0 saturated carbocycles. The van der Waals surface area contributed by atoms with Gasteiger partial charge in [0.25, 0.3) is 0 Å². The molecule has 0 radical (unpaired) electrons. The largest absolute Gasteiger partial charge is 0.479 e. The number of nitrogens with one attached hydrogen (secondary N) is 2. The number of hydroxylamine groups is 1. The van der Waals surface area contributed by atoms with Crippen LogP contribution in [0.2, 0.25) is 0 Å². The van der Waals surface area contributed by atoms with E-state index in [-0.39, 0.29) is 6.54 Å². The molecule has 14 heavy (non-hydrogen) atoms. The predicted octanol–water partition coefficient (Wildman–Crippen LogP) is -1.32. The fraction of sp³-hybridized carbons (Fsp3) is 0.667. The highest BCUT2D eigenvalue weighted by atomic mass is 32.2. The van der Waals surface area contributed by atoms with Crippen LogP contribution in [-0.2, 0) is 20.4 Å². The topological polar surface area (TPSA) is 105 Å². The van der Waals surface area contributed by atoms with Gasteiger partial charge in [-0.05, 0) is 0 Å². The first-order valence-corrected chi connectivity index (χ1v) is 5.42. The van der Waals surface area contributed by atoms with Crippen LogP contribution in [0, 0.1) is 0 Å². The van der Waals surface area contributed by atoms with Crippen LogP contribution in [0.25, 0.3) is 0 Å². The molecular formula is C6H12N2O5S. The van der Waals surface area contributed by atoms with Crippen molar-refractivity contribution in [2.24, 2.45) is 0 Å². The molecule has 0 aliphatic rings. The number of urea groups is 1. The monoisotopic (exact) mass is 224 g/mol. The lowest BCUT2D eigenvalue weighted by molar-refractivity contribution is -0.144. The SMILES string of the molecule is CS(=O)CCNC(=O)NOCC(=O)O. The van der Waals surface area contributed by atoms with Gasteiger partial charge in [-0.15, -0.1) is 0 Å². The summed E-state index contributed by atoms with van der Waals surface area (Å²) in [7, 11) is -0.972. The molecule has 1 unspecified atom stereocenters. The van der Waals surface area contributed by atoms with Crippen LogP contribution < -0.4 is 10.8 Å². The van der Waals surface area contributed by atoms with Crippen molar-refractivity contribution in [3.8, 4) is 0 Å². The lowest BCUT2D eigenvalue weighted by atomic mass is 10.7. The molecule has 0 bridgehead atoms. The summed E-state index contributed by atoms with van der Waals surface area (Å²) in [4.78, 5) is 25.0. The van der Waals surface area contributed by atoms with Crippen molar-refractivity contribution in [3.05, 3.63) is 0 Å².